The third kappa shape index (κ3) is 3.18. The van der Waals surface area contributed by atoms with Gasteiger partial charge >= 0.3 is 0 Å². The molecule has 0 amide bonds. The third-order valence-electron chi connectivity index (χ3n) is 2.58. The summed E-state index contributed by atoms with van der Waals surface area (Å²) in [5, 5.41) is 0. The van der Waals surface area contributed by atoms with E-state index in [9.17, 15) is 4.39 Å². The Morgan fingerprint density at radius 1 is 1.42 bits per heavy atom. The molecule has 0 aliphatic rings. The molecule has 2 rings (SSSR count). The van der Waals surface area contributed by atoms with E-state index in [1.165, 1.54) is 18.5 Å². The Morgan fingerprint density at radius 3 is 2.89 bits per heavy atom. The molecule has 0 aliphatic heterocycles. The lowest BCUT2D eigenvalue weighted by molar-refractivity contribution is 0.625. The molecular formula is C12H13BrFN5. The summed E-state index contributed by atoms with van der Waals surface area (Å²) in [6, 6.07) is 6.45. The molecule has 0 unspecified atom stereocenters. The molecule has 0 spiro atoms. The summed E-state index contributed by atoms with van der Waals surface area (Å²) < 4.78 is 13.8. The zero-order valence-electron chi connectivity index (χ0n) is 10.3. The fourth-order valence-corrected chi connectivity index (χ4v) is 2.33. The average molecular weight is 326 g/mol. The van der Waals surface area contributed by atoms with Crippen LogP contribution >= 0.6 is 15.9 Å². The highest BCUT2D eigenvalue weighted by atomic mass is 79.9. The van der Waals surface area contributed by atoms with Crippen molar-refractivity contribution < 1.29 is 4.39 Å². The van der Waals surface area contributed by atoms with E-state index in [0.29, 0.717) is 22.7 Å². The topological polar surface area (TPSA) is 67.1 Å². The molecule has 2 aromatic rings. The van der Waals surface area contributed by atoms with E-state index in [2.05, 4.69) is 31.3 Å². The maximum Gasteiger partial charge on any atom is 0.159 e. The largest absolute Gasteiger partial charge is 0.354 e. The smallest absolute Gasteiger partial charge is 0.159 e. The molecule has 19 heavy (non-hydrogen) atoms. The van der Waals surface area contributed by atoms with E-state index in [0.717, 1.165) is 5.56 Å². The molecule has 0 aliphatic carbocycles. The number of nitrogens with one attached hydrogen (secondary N) is 1. The molecule has 0 saturated carbocycles. The first-order valence-corrected chi connectivity index (χ1v) is 6.34. The molecule has 1 heterocycles. The minimum atomic E-state index is -0.253. The van der Waals surface area contributed by atoms with E-state index < -0.39 is 0 Å². The number of hydrogen-bond acceptors (Lipinski definition) is 5. The highest BCUT2D eigenvalue weighted by molar-refractivity contribution is 9.10. The fourth-order valence-electron chi connectivity index (χ4n) is 1.71. The molecule has 0 atom stereocenters. The molecule has 3 N–H and O–H groups in total. The van der Waals surface area contributed by atoms with Crippen molar-refractivity contribution >= 4 is 27.6 Å². The first-order valence-electron chi connectivity index (χ1n) is 5.54. The molecule has 0 fully saturated rings. The van der Waals surface area contributed by atoms with Crippen LogP contribution < -0.4 is 16.2 Å². The summed E-state index contributed by atoms with van der Waals surface area (Å²) in [6.07, 6.45) is 1.41. The van der Waals surface area contributed by atoms with Gasteiger partial charge in [-0.2, -0.15) is 0 Å². The highest BCUT2D eigenvalue weighted by Gasteiger charge is 2.12. The number of nitrogens with zero attached hydrogens (tertiary/aromatic N) is 3. The van der Waals surface area contributed by atoms with Crippen molar-refractivity contribution in [3.05, 3.63) is 46.4 Å². The molecule has 0 bridgehead atoms. The molecule has 1 aromatic heterocycles. The summed E-state index contributed by atoms with van der Waals surface area (Å²) in [5.41, 5.74) is 3.34. The van der Waals surface area contributed by atoms with Crippen LogP contribution in [0.25, 0.3) is 0 Å². The second kappa shape index (κ2) is 5.94. The molecule has 7 heteroatoms. The summed E-state index contributed by atoms with van der Waals surface area (Å²) in [4.78, 5) is 10.0. The van der Waals surface area contributed by atoms with Crippen LogP contribution in [0.2, 0.25) is 0 Å². The Bertz CT molecular complexity index is 578. The van der Waals surface area contributed by atoms with Crippen molar-refractivity contribution in [2.75, 3.05) is 17.4 Å². The molecule has 1 aromatic carbocycles. The van der Waals surface area contributed by atoms with Gasteiger partial charge in [0.25, 0.3) is 0 Å². The molecule has 100 valence electrons. The van der Waals surface area contributed by atoms with Crippen LogP contribution in [0, 0.1) is 5.82 Å². The Morgan fingerprint density at radius 2 is 2.21 bits per heavy atom. The molecule has 0 radical (unpaired) electrons. The summed E-state index contributed by atoms with van der Waals surface area (Å²) in [6.45, 7) is 0.525. The van der Waals surface area contributed by atoms with E-state index >= 15 is 0 Å². The van der Waals surface area contributed by atoms with Gasteiger partial charge in [-0.15, -0.1) is 0 Å². The van der Waals surface area contributed by atoms with E-state index in [-0.39, 0.29) is 5.82 Å². The predicted molar refractivity (Wildman–Crippen MR) is 76.0 cm³/mol. The SMILES string of the molecule is CN(Cc1cccc(F)c1)c1ncnc(NN)c1Br. The normalized spacial score (nSPS) is 10.3. The molecule has 0 saturated heterocycles. The summed E-state index contributed by atoms with van der Waals surface area (Å²) in [5.74, 6) is 6.27. The number of rotatable bonds is 4. The lowest BCUT2D eigenvalue weighted by Crippen LogP contribution is -2.20. The minimum Gasteiger partial charge on any atom is -0.354 e. The van der Waals surface area contributed by atoms with Crippen molar-refractivity contribution in [3.8, 4) is 0 Å². The maximum absolute atomic E-state index is 13.1. The number of anilines is 2. The van der Waals surface area contributed by atoms with E-state index in [1.807, 2.05) is 18.0 Å². The van der Waals surface area contributed by atoms with Crippen molar-refractivity contribution in [1.29, 1.82) is 0 Å². The van der Waals surface area contributed by atoms with Gasteiger partial charge in [-0.25, -0.2) is 20.2 Å². The zero-order valence-corrected chi connectivity index (χ0v) is 11.9. The van der Waals surface area contributed by atoms with Crippen molar-refractivity contribution in [1.82, 2.24) is 9.97 Å². The second-order valence-electron chi connectivity index (χ2n) is 3.99. The molecule has 5 nitrogen and oxygen atoms in total. The van der Waals surface area contributed by atoms with Gasteiger partial charge in [0.2, 0.25) is 0 Å². The monoisotopic (exact) mass is 325 g/mol. The maximum atomic E-state index is 13.1. The number of hydrazine groups is 1. The lowest BCUT2D eigenvalue weighted by Gasteiger charge is -2.20. The fraction of sp³-hybridized carbons (Fsp3) is 0.167. The average Bonchev–Trinajstić information content (AvgIpc) is 2.39. The van der Waals surface area contributed by atoms with Gasteiger partial charge in [0.05, 0.1) is 0 Å². The van der Waals surface area contributed by atoms with E-state index in [4.69, 9.17) is 5.84 Å². The van der Waals surface area contributed by atoms with Gasteiger partial charge < -0.3 is 10.3 Å². The number of benzene rings is 1. The third-order valence-corrected chi connectivity index (χ3v) is 3.31. The minimum absolute atomic E-state index is 0.253. The van der Waals surface area contributed by atoms with Gasteiger partial charge in [0.1, 0.15) is 22.4 Å². The number of nitrogen functional groups attached to an aromatic ring is 1. The van der Waals surface area contributed by atoms with Gasteiger partial charge in [0.15, 0.2) is 5.82 Å². The Hall–Kier alpha value is -1.73. The highest BCUT2D eigenvalue weighted by Crippen LogP contribution is 2.28. The molecular weight excluding hydrogens is 313 g/mol. The van der Waals surface area contributed by atoms with Crippen LogP contribution in [0.4, 0.5) is 16.0 Å². The Kier molecular flexibility index (Phi) is 4.28. The first kappa shape index (κ1) is 13.7. The van der Waals surface area contributed by atoms with E-state index in [1.54, 1.807) is 6.07 Å². The van der Waals surface area contributed by atoms with Crippen LogP contribution in [0.1, 0.15) is 5.56 Å². The van der Waals surface area contributed by atoms with Crippen LogP contribution in [-0.2, 0) is 6.54 Å². The van der Waals surface area contributed by atoms with Gasteiger partial charge in [-0.3, -0.25) is 0 Å². The van der Waals surface area contributed by atoms with Crippen molar-refractivity contribution in [2.45, 2.75) is 6.54 Å². The van der Waals surface area contributed by atoms with Crippen molar-refractivity contribution in [2.24, 2.45) is 5.84 Å². The van der Waals surface area contributed by atoms with Gasteiger partial charge in [-0.05, 0) is 33.6 Å². The van der Waals surface area contributed by atoms with Crippen molar-refractivity contribution in [3.63, 3.8) is 0 Å². The van der Waals surface area contributed by atoms with Crippen LogP contribution in [0.3, 0.4) is 0 Å². The number of halogens is 2. The standard InChI is InChI=1S/C12H13BrFN5/c1-19(6-8-3-2-4-9(14)5-8)12-10(13)11(18-15)16-7-17-12/h2-5,7H,6,15H2,1H3,(H,16,17,18). The zero-order chi connectivity index (χ0) is 13.8. The Labute approximate surface area is 118 Å². The summed E-state index contributed by atoms with van der Waals surface area (Å²) >= 11 is 3.39. The Balaban J connectivity index is 2.23. The van der Waals surface area contributed by atoms with Crippen LogP contribution in [0.5, 0.6) is 0 Å². The quantitative estimate of drug-likeness (QED) is 0.667. The number of aromatic nitrogens is 2. The second-order valence-corrected chi connectivity index (χ2v) is 4.78. The first-order chi connectivity index (χ1) is 9.11. The van der Waals surface area contributed by atoms with Gasteiger partial charge in [-0.1, -0.05) is 12.1 Å². The van der Waals surface area contributed by atoms with Gasteiger partial charge in [0, 0.05) is 13.6 Å². The lowest BCUT2D eigenvalue weighted by atomic mass is 10.2. The predicted octanol–water partition coefficient (Wildman–Crippen LogP) is 2.30. The number of hydrogen-bond donors (Lipinski definition) is 2. The summed E-state index contributed by atoms with van der Waals surface area (Å²) in [7, 11) is 1.86. The van der Waals surface area contributed by atoms with Crippen LogP contribution in [-0.4, -0.2) is 17.0 Å². The number of nitrogens with two attached hydrogens (primary N) is 1. The van der Waals surface area contributed by atoms with Crippen LogP contribution in [0.15, 0.2) is 35.1 Å².